The Bertz CT molecular complexity index is 919. The number of para-hydroxylation sites is 2. The highest BCUT2D eigenvalue weighted by molar-refractivity contribution is 7.88. The van der Waals surface area contributed by atoms with Crippen molar-refractivity contribution < 1.29 is 17.9 Å². The van der Waals surface area contributed by atoms with Gasteiger partial charge < -0.3 is 15.0 Å². The molecule has 1 aliphatic rings. The highest BCUT2D eigenvalue weighted by Crippen LogP contribution is 2.25. The second-order valence-corrected chi connectivity index (χ2v) is 8.97. The smallest absolute Gasteiger partial charge is 0.322 e. The van der Waals surface area contributed by atoms with Crippen molar-refractivity contribution in [2.45, 2.75) is 25.3 Å². The molecule has 0 unspecified atom stereocenters. The first-order valence-corrected chi connectivity index (χ1v) is 11.6. The fourth-order valence-electron chi connectivity index (χ4n) is 3.37. The number of sulfonamides is 1. The fourth-order valence-corrected chi connectivity index (χ4v) is 4.17. The van der Waals surface area contributed by atoms with Crippen LogP contribution in [0, 0.1) is 0 Å². The molecule has 29 heavy (non-hydrogen) atoms. The third kappa shape index (κ3) is 6.76. The Morgan fingerprint density at radius 3 is 2.62 bits per heavy atom. The Kier molecular flexibility index (Phi) is 7.11. The molecule has 156 valence electrons. The highest BCUT2D eigenvalue weighted by Gasteiger charge is 2.26. The predicted octanol–water partition coefficient (Wildman–Crippen LogP) is 2.85. The number of rotatable bonds is 7. The number of ether oxygens (including phenoxy) is 1. The van der Waals surface area contributed by atoms with Gasteiger partial charge in [0.05, 0.1) is 18.6 Å². The van der Waals surface area contributed by atoms with E-state index in [2.05, 4.69) is 10.0 Å². The first kappa shape index (κ1) is 21.1. The van der Waals surface area contributed by atoms with Gasteiger partial charge in [-0.3, -0.25) is 0 Å². The van der Waals surface area contributed by atoms with Crippen LogP contribution in [0.25, 0.3) is 0 Å². The molecule has 1 saturated heterocycles. The first-order valence-electron chi connectivity index (χ1n) is 9.70. The van der Waals surface area contributed by atoms with E-state index < -0.39 is 10.0 Å². The van der Waals surface area contributed by atoms with Crippen molar-refractivity contribution in [1.82, 2.24) is 9.62 Å². The Balaban J connectivity index is 1.57. The summed E-state index contributed by atoms with van der Waals surface area (Å²) in [6, 6.07) is 16.9. The number of hydrogen-bond donors (Lipinski definition) is 2. The molecule has 1 heterocycles. The summed E-state index contributed by atoms with van der Waals surface area (Å²) in [5.41, 5.74) is 1.79. The summed E-state index contributed by atoms with van der Waals surface area (Å²) >= 11 is 0. The average Bonchev–Trinajstić information content (AvgIpc) is 2.69. The summed E-state index contributed by atoms with van der Waals surface area (Å²) in [5.74, 6) is 0.611. The maximum atomic E-state index is 12.7. The highest BCUT2D eigenvalue weighted by atomic mass is 32.2. The molecule has 2 aromatic rings. The van der Waals surface area contributed by atoms with Crippen LogP contribution in [0.1, 0.15) is 18.4 Å². The van der Waals surface area contributed by atoms with Crippen molar-refractivity contribution in [3.05, 3.63) is 60.2 Å². The largest absolute Gasteiger partial charge is 0.491 e. The summed E-state index contributed by atoms with van der Waals surface area (Å²) < 4.78 is 31.4. The molecule has 2 aromatic carbocycles. The number of hydrogen-bond acceptors (Lipinski definition) is 4. The van der Waals surface area contributed by atoms with E-state index in [9.17, 15) is 13.2 Å². The molecule has 0 aliphatic carbocycles. The molecule has 2 amide bonds. The minimum atomic E-state index is -3.30. The molecule has 8 heteroatoms. The number of amides is 2. The van der Waals surface area contributed by atoms with Gasteiger partial charge in [-0.15, -0.1) is 0 Å². The number of urea groups is 1. The van der Waals surface area contributed by atoms with Crippen LogP contribution in [0.15, 0.2) is 54.6 Å². The van der Waals surface area contributed by atoms with E-state index in [0.29, 0.717) is 31.1 Å². The lowest BCUT2D eigenvalue weighted by molar-refractivity contribution is 0.190. The number of piperidine rings is 1. The topological polar surface area (TPSA) is 87.7 Å². The van der Waals surface area contributed by atoms with Gasteiger partial charge >= 0.3 is 6.03 Å². The zero-order valence-corrected chi connectivity index (χ0v) is 17.3. The number of likely N-dealkylation sites (tertiary alicyclic amines) is 1. The molecule has 1 aliphatic heterocycles. The SMILES string of the molecule is CS(=O)(=O)N[C@H]1CCCN(C(=O)Nc2ccccc2OCCc2ccccc2)C1. The molecule has 0 spiro atoms. The molecule has 1 atom stereocenters. The second kappa shape index (κ2) is 9.76. The normalized spacial score (nSPS) is 17.0. The molecule has 0 bridgehead atoms. The quantitative estimate of drug-likeness (QED) is 0.725. The number of anilines is 1. The van der Waals surface area contributed by atoms with Crippen molar-refractivity contribution in [2.75, 3.05) is 31.3 Å². The molecule has 0 saturated carbocycles. The van der Waals surface area contributed by atoms with Crippen LogP contribution >= 0.6 is 0 Å². The summed E-state index contributed by atoms with van der Waals surface area (Å²) in [6.07, 6.45) is 3.37. The van der Waals surface area contributed by atoms with Gasteiger partial charge in [0, 0.05) is 25.6 Å². The van der Waals surface area contributed by atoms with Crippen LogP contribution in [-0.2, 0) is 16.4 Å². The molecule has 3 rings (SSSR count). The van der Waals surface area contributed by atoms with Gasteiger partial charge in [0.1, 0.15) is 5.75 Å². The van der Waals surface area contributed by atoms with E-state index in [-0.39, 0.29) is 12.1 Å². The van der Waals surface area contributed by atoms with Gasteiger partial charge in [-0.2, -0.15) is 0 Å². The molecule has 0 aromatic heterocycles. The zero-order valence-electron chi connectivity index (χ0n) is 16.5. The molecule has 0 radical (unpaired) electrons. The third-order valence-corrected chi connectivity index (χ3v) is 5.47. The molecule has 2 N–H and O–H groups in total. The van der Waals surface area contributed by atoms with Crippen molar-refractivity contribution in [3.8, 4) is 5.75 Å². The van der Waals surface area contributed by atoms with Crippen LogP contribution in [0.3, 0.4) is 0 Å². The standard InChI is InChI=1S/C21H27N3O4S/c1-29(26,27)23-18-10-7-14-24(16-18)21(25)22-19-11-5-6-12-20(19)28-15-13-17-8-3-2-4-9-17/h2-6,8-9,11-12,18,23H,7,10,13-16H2,1H3,(H,22,25)/t18-/m0/s1. The van der Waals surface area contributed by atoms with Crippen LogP contribution in [0.5, 0.6) is 5.75 Å². The van der Waals surface area contributed by atoms with Crippen LogP contribution < -0.4 is 14.8 Å². The Morgan fingerprint density at radius 1 is 1.14 bits per heavy atom. The van der Waals surface area contributed by atoms with Gasteiger partial charge in [0.25, 0.3) is 0 Å². The second-order valence-electron chi connectivity index (χ2n) is 7.19. The summed E-state index contributed by atoms with van der Waals surface area (Å²) in [5, 5.41) is 2.90. The first-order chi connectivity index (χ1) is 13.9. The molecular weight excluding hydrogens is 390 g/mol. The lowest BCUT2D eigenvalue weighted by Gasteiger charge is -2.32. The number of carbonyl (C=O) groups is 1. The Morgan fingerprint density at radius 2 is 1.86 bits per heavy atom. The van der Waals surface area contributed by atoms with E-state index in [1.54, 1.807) is 11.0 Å². The van der Waals surface area contributed by atoms with Crippen LogP contribution in [0.2, 0.25) is 0 Å². The van der Waals surface area contributed by atoms with Crippen LogP contribution in [0.4, 0.5) is 10.5 Å². The van der Waals surface area contributed by atoms with E-state index in [4.69, 9.17) is 4.74 Å². The number of benzene rings is 2. The minimum absolute atomic E-state index is 0.260. The number of nitrogens with zero attached hydrogens (tertiary/aromatic N) is 1. The van der Waals surface area contributed by atoms with Gasteiger partial charge in [-0.1, -0.05) is 42.5 Å². The third-order valence-electron chi connectivity index (χ3n) is 4.71. The molecule has 7 nitrogen and oxygen atoms in total. The number of nitrogens with one attached hydrogen (secondary N) is 2. The van der Waals surface area contributed by atoms with Gasteiger partial charge in [-0.05, 0) is 30.5 Å². The average molecular weight is 418 g/mol. The van der Waals surface area contributed by atoms with Gasteiger partial charge in [0.2, 0.25) is 10.0 Å². The lowest BCUT2D eigenvalue weighted by atomic mass is 10.1. The van der Waals surface area contributed by atoms with E-state index in [0.717, 1.165) is 25.5 Å². The summed E-state index contributed by atoms with van der Waals surface area (Å²) in [4.78, 5) is 14.3. The predicted molar refractivity (Wildman–Crippen MR) is 114 cm³/mol. The van der Waals surface area contributed by atoms with E-state index in [1.165, 1.54) is 5.56 Å². The Hall–Kier alpha value is -2.58. The maximum absolute atomic E-state index is 12.7. The number of carbonyl (C=O) groups excluding carboxylic acids is 1. The zero-order chi connectivity index (χ0) is 20.7. The van der Waals surface area contributed by atoms with Gasteiger partial charge in [-0.25, -0.2) is 17.9 Å². The van der Waals surface area contributed by atoms with E-state index >= 15 is 0 Å². The van der Waals surface area contributed by atoms with Crippen molar-refractivity contribution in [1.29, 1.82) is 0 Å². The van der Waals surface area contributed by atoms with Crippen molar-refractivity contribution >= 4 is 21.7 Å². The van der Waals surface area contributed by atoms with Crippen molar-refractivity contribution in [3.63, 3.8) is 0 Å². The maximum Gasteiger partial charge on any atom is 0.322 e. The monoisotopic (exact) mass is 417 g/mol. The minimum Gasteiger partial charge on any atom is -0.491 e. The van der Waals surface area contributed by atoms with E-state index in [1.807, 2.05) is 48.5 Å². The Labute approximate surface area is 172 Å². The van der Waals surface area contributed by atoms with Crippen molar-refractivity contribution in [2.24, 2.45) is 0 Å². The van der Waals surface area contributed by atoms with Gasteiger partial charge in [0.15, 0.2) is 0 Å². The molecular formula is C21H27N3O4S. The summed E-state index contributed by atoms with van der Waals surface area (Å²) in [7, 11) is -3.30. The lowest BCUT2D eigenvalue weighted by Crippen LogP contribution is -2.50. The summed E-state index contributed by atoms with van der Waals surface area (Å²) in [6.45, 7) is 1.43. The van der Waals surface area contributed by atoms with Crippen LogP contribution in [-0.4, -0.2) is 51.3 Å². The fraction of sp³-hybridized carbons (Fsp3) is 0.381. The molecule has 1 fully saturated rings.